The first-order valence-electron chi connectivity index (χ1n) is 2.50. The molecule has 0 bridgehead atoms. The van der Waals surface area contributed by atoms with Gasteiger partial charge in [0.25, 0.3) is 0 Å². The summed E-state index contributed by atoms with van der Waals surface area (Å²) in [5.74, 6) is 0. The van der Waals surface area contributed by atoms with Crippen molar-refractivity contribution in [2.75, 3.05) is 0 Å². The van der Waals surface area contributed by atoms with Crippen molar-refractivity contribution < 1.29 is 0 Å². The molecule has 0 fully saturated rings. The Kier molecular flexibility index (Phi) is 4.24. The number of rotatable bonds is 2. The maximum absolute atomic E-state index is 3.87. The van der Waals surface area contributed by atoms with Gasteiger partial charge >= 0.3 is 65.6 Å². The Balaban J connectivity index is 3.83. The third kappa shape index (κ3) is 3.02. The van der Waals surface area contributed by atoms with Gasteiger partial charge in [-0.3, -0.25) is 0 Å². The van der Waals surface area contributed by atoms with Crippen molar-refractivity contribution in [2.45, 2.75) is 13.8 Å². The van der Waals surface area contributed by atoms with Crippen molar-refractivity contribution in [3.8, 4) is 0 Å². The normalized spacial score (nSPS) is 8.38. The van der Waals surface area contributed by atoms with Crippen LogP contribution in [0.4, 0.5) is 0 Å². The Bertz CT molecular complexity index is 104. The second-order valence-electron chi connectivity index (χ2n) is 2.06. The van der Waals surface area contributed by atoms with Gasteiger partial charge in [-0.25, -0.2) is 0 Å². The quantitative estimate of drug-likeness (QED) is 0.659. The van der Waals surface area contributed by atoms with E-state index in [4.69, 9.17) is 0 Å². The second-order valence-corrected chi connectivity index (χ2v) is 20.6. The number of hydrogen-bond acceptors (Lipinski definition) is 0. The SMILES string of the molecule is C=[C](C)[Tl]([Br])[C](=C)C. The van der Waals surface area contributed by atoms with E-state index in [9.17, 15) is 0 Å². The van der Waals surface area contributed by atoms with E-state index in [1.165, 1.54) is 6.26 Å². The van der Waals surface area contributed by atoms with Gasteiger partial charge < -0.3 is 0 Å². The molecule has 8 heavy (non-hydrogen) atoms. The van der Waals surface area contributed by atoms with Crippen LogP contribution in [0.5, 0.6) is 0 Å². The monoisotopic (exact) mass is 366 g/mol. The summed E-state index contributed by atoms with van der Waals surface area (Å²) < 4.78 is 2.66. The maximum atomic E-state index is 3.87. The Labute approximate surface area is 65.1 Å². The fourth-order valence-electron chi connectivity index (χ4n) is 0.421. The molecule has 0 nitrogen and oxygen atoms in total. The molecule has 0 N–H and O–H groups in total. The second kappa shape index (κ2) is 3.82. The Hall–Kier alpha value is 0.882. The average Bonchev–Trinajstić information content (AvgIpc) is 1.64. The predicted octanol–water partition coefficient (Wildman–Crippen LogP) is 2.60. The first-order chi connectivity index (χ1) is 3.55. The molecule has 2 heteroatoms. The van der Waals surface area contributed by atoms with Gasteiger partial charge in [-0.2, -0.15) is 0 Å². The van der Waals surface area contributed by atoms with Gasteiger partial charge in [0.15, 0.2) is 0 Å². The summed E-state index contributed by atoms with van der Waals surface area (Å²) in [6.07, 6.45) is 0. The predicted molar refractivity (Wildman–Crippen MR) is 44.3 cm³/mol. The molecule has 0 aromatic carbocycles. The zero-order chi connectivity index (χ0) is 6.73. The van der Waals surface area contributed by atoms with Gasteiger partial charge in [-0.15, -0.1) is 0 Å². The summed E-state index contributed by atoms with van der Waals surface area (Å²) in [5.41, 5.74) is 0. The topological polar surface area (TPSA) is 0 Å². The minimum atomic E-state index is -1.66. The van der Waals surface area contributed by atoms with Gasteiger partial charge in [0.2, 0.25) is 0 Å². The summed E-state index contributed by atoms with van der Waals surface area (Å²) >= 11 is 1.97. The van der Waals surface area contributed by atoms with Crippen molar-refractivity contribution >= 4 is 32.3 Å². The molecule has 0 radical (unpaired) electrons. The molecule has 0 aromatic heterocycles. The molecule has 0 saturated heterocycles. The van der Waals surface area contributed by atoms with Crippen molar-refractivity contribution in [3.63, 3.8) is 0 Å². The van der Waals surface area contributed by atoms with Gasteiger partial charge in [0, 0.05) is 0 Å². The zero-order valence-corrected chi connectivity index (χ0v) is 11.4. The van der Waals surface area contributed by atoms with E-state index in [-0.39, 0.29) is 0 Å². The molecule has 0 aromatic rings. The Morgan fingerprint density at radius 3 is 1.50 bits per heavy atom. The molecule has 0 atom stereocenters. The van der Waals surface area contributed by atoms with Crippen molar-refractivity contribution in [1.29, 1.82) is 0 Å². The van der Waals surface area contributed by atoms with Crippen molar-refractivity contribution in [3.05, 3.63) is 19.4 Å². The van der Waals surface area contributed by atoms with Crippen LogP contribution < -0.4 is 0 Å². The molecule has 0 aliphatic rings. The Morgan fingerprint density at radius 2 is 1.50 bits per heavy atom. The van der Waals surface area contributed by atoms with E-state index in [0.29, 0.717) is 0 Å². The summed E-state index contributed by atoms with van der Waals surface area (Å²) in [7, 11) is 0. The van der Waals surface area contributed by atoms with Crippen LogP contribution >= 0.6 is 12.0 Å². The van der Waals surface area contributed by atoms with Crippen LogP contribution in [0.25, 0.3) is 0 Å². The van der Waals surface area contributed by atoms with Crippen LogP contribution in [0.2, 0.25) is 0 Å². The molecule has 0 unspecified atom stereocenters. The van der Waals surface area contributed by atoms with Gasteiger partial charge in [-0.05, 0) is 0 Å². The zero-order valence-electron chi connectivity index (χ0n) is 5.37. The fraction of sp³-hybridized carbons (Fsp3) is 0.333. The van der Waals surface area contributed by atoms with Crippen LogP contribution in [0, 0.1) is 0 Å². The average molecular weight is 366 g/mol. The molecule has 44 valence electrons. The van der Waals surface area contributed by atoms with Crippen molar-refractivity contribution in [2.24, 2.45) is 0 Å². The van der Waals surface area contributed by atoms with E-state index >= 15 is 0 Å². The third-order valence-corrected chi connectivity index (χ3v) is 21.3. The third-order valence-electron chi connectivity index (χ3n) is 0.865. The molecule has 0 saturated carbocycles. The van der Waals surface area contributed by atoms with Gasteiger partial charge in [0.05, 0.1) is 0 Å². The van der Waals surface area contributed by atoms with Crippen LogP contribution in [-0.4, -0.2) is 20.3 Å². The molecule has 0 aliphatic carbocycles. The van der Waals surface area contributed by atoms with E-state index < -0.39 is 20.3 Å². The molecule has 0 aliphatic heterocycles. The molecule has 0 heterocycles. The van der Waals surface area contributed by atoms with E-state index in [2.05, 4.69) is 39.0 Å². The minimum absolute atomic E-state index is 1.33. The van der Waals surface area contributed by atoms with Gasteiger partial charge in [0.1, 0.15) is 0 Å². The fourth-order valence-corrected chi connectivity index (χ4v) is 3.69. The van der Waals surface area contributed by atoms with Crippen LogP contribution in [0.1, 0.15) is 13.8 Å². The van der Waals surface area contributed by atoms with Gasteiger partial charge in [-0.1, -0.05) is 0 Å². The molecular weight excluding hydrogens is 356 g/mol. The van der Waals surface area contributed by atoms with E-state index in [1.807, 2.05) is 0 Å². The first kappa shape index (κ1) is 8.88. The summed E-state index contributed by atoms with van der Waals surface area (Å²) in [6.45, 7) is 11.9. The van der Waals surface area contributed by atoms with Crippen LogP contribution in [0.3, 0.4) is 0 Å². The summed E-state index contributed by atoms with van der Waals surface area (Å²) in [4.78, 5) is 0. The number of hydrogen-bond donors (Lipinski definition) is 0. The van der Waals surface area contributed by atoms with E-state index in [1.54, 1.807) is 0 Å². The molecule has 0 amide bonds. The number of halogens is 1. The first-order valence-corrected chi connectivity index (χ1v) is 16.7. The summed E-state index contributed by atoms with van der Waals surface area (Å²) in [5, 5.41) is 0. The van der Waals surface area contributed by atoms with Crippen LogP contribution in [-0.2, 0) is 0 Å². The summed E-state index contributed by atoms with van der Waals surface area (Å²) in [6, 6.07) is 0. The molecular formula is C6H10BrTl. The number of allylic oxidation sites excluding steroid dienone is 2. The Morgan fingerprint density at radius 1 is 1.25 bits per heavy atom. The standard InChI is InChI=1S/2C3H5.BrH.Tl/c2*1-3-2;;/h2*1H2,2H3;1H;/q;;;+1/p-1. The van der Waals surface area contributed by atoms with E-state index in [0.717, 1.165) is 0 Å². The van der Waals surface area contributed by atoms with Crippen molar-refractivity contribution in [1.82, 2.24) is 0 Å². The van der Waals surface area contributed by atoms with Crippen LogP contribution in [0.15, 0.2) is 19.4 Å². The molecule has 0 rings (SSSR count). The molecule has 0 spiro atoms.